The van der Waals surface area contributed by atoms with Crippen molar-refractivity contribution in [1.29, 1.82) is 0 Å². The lowest BCUT2D eigenvalue weighted by atomic mass is 10.1. The summed E-state index contributed by atoms with van der Waals surface area (Å²) in [5, 5.41) is 5.36. The highest BCUT2D eigenvalue weighted by atomic mass is 79.9. The smallest absolute Gasteiger partial charge is 0.158 e. The third-order valence-electron chi connectivity index (χ3n) is 3.23. The molecular weight excluding hydrogens is 373 g/mol. The minimum Gasteiger partial charge on any atom is -0.216 e. The van der Waals surface area contributed by atoms with E-state index in [2.05, 4.69) is 39.9 Å². The van der Waals surface area contributed by atoms with E-state index >= 15 is 0 Å². The Balaban J connectivity index is 2.28. The largest absolute Gasteiger partial charge is 0.216 e. The minimum absolute atomic E-state index is 0.302. The molecule has 0 saturated heterocycles. The van der Waals surface area contributed by atoms with Gasteiger partial charge in [-0.1, -0.05) is 65.1 Å². The Hall–Kier alpha value is -1.10. The van der Waals surface area contributed by atoms with E-state index in [-0.39, 0.29) is 0 Å². The number of rotatable bonds is 2. The minimum atomic E-state index is 0.302. The van der Waals surface area contributed by atoms with Crippen LogP contribution in [0.25, 0.3) is 16.8 Å². The van der Waals surface area contributed by atoms with Gasteiger partial charge in [0.05, 0.1) is 11.3 Å². The maximum Gasteiger partial charge on any atom is 0.158 e. The summed E-state index contributed by atoms with van der Waals surface area (Å²) in [7, 11) is 0. The van der Waals surface area contributed by atoms with E-state index in [1.54, 1.807) is 4.52 Å². The van der Waals surface area contributed by atoms with Crippen LogP contribution in [0.3, 0.4) is 0 Å². The SMILES string of the molecule is CC(C)c1cc2nc(Cl)c(-c3cccc(Br)c3)c(Cl)n2n1. The second-order valence-corrected chi connectivity index (χ2v) is 6.70. The first kappa shape index (κ1) is 14.8. The molecule has 0 N–H and O–H groups in total. The summed E-state index contributed by atoms with van der Waals surface area (Å²) in [5.74, 6) is 0.302. The van der Waals surface area contributed by atoms with Gasteiger partial charge in [-0.3, -0.25) is 0 Å². The lowest BCUT2D eigenvalue weighted by Gasteiger charge is -2.08. The normalized spacial score (nSPS) is 11.5. The summed E-state index contributed by atoms with van der Waals surface area (Å²) in [6, 6.07) is 9.68. The Morgan fingerprint density at radius 3 is 2.62 bits per heavy atom. The van der Waals surface area contributed by atoms with Crippen LogP contribution >= 0.6 is 39.1 Å². The third-order valence-corrected chi connectivity index (χ3v) is 4.34. The van der Waals surface area contributed by atoms with Gasteiger partial charge in [-0.2, -0.15) is 5.10 Å². The van der Waals surface area contributed by atoms with E-state index in [1.165, 1.54) is 0 Å². The van der Waals surface area contributed by atoms with Crippen LogP contribution in [-0.2, 0) is 0 Å². The molecule has 0 unspecified atom stereocenters. The molecule has 0 fully saturated rings. The van der Waals surface area contributed by atoms with Crippen LogP contribution in [0, 0.1) is 0 Å². The molecule has 21 heavy (non-hydrogen) atoms. The summed E-state index contributed by atoms with van der Waals surface area (Å²) in [4.78, 5) is 4.41. The summed E-state index contributed by atoms with van der Waals surface area (Å²) < 4.78 is 2.59. The molecular formula is C15H12BrCl2N3. The standard InChI is InChI=1S/C15H12BrCl2N3/c1-8(2)11-7-12-19-14(17)13(15(18)21(12)20-11)9-4-3-5-10(16)6-9/h3-8H,1-2H3. The monoisotopic (exact) mass is 383 g/mol. The fraction of sp³-hybridized carbons (Fsp3) is 0.200. The summed E-state index contributed by atoms with van der Waals surface area (Å²) >= 11 is 16.3. The van der Waals surface area contributed by atoms with E-state index in [9.17, 15) is 0 Å². The zero-order valence-corrected chi connectivity index (χ0v) is 14.5. The molecule has 3 rings (SSSR count). The van der Waals surface area contributed by atoms with Gasteiger partial charge in [0.2, 0.25) is 0 Å². The van der Waals surface area contributed by atoms with Crippen molar-refractivity contribution in [2.75, 3.05) is 0 Å². The van der Waals surface area contributed by atoms with Crippen LogP contribution in [0.2, 0.25) is 10.3 Å². The van der Waals surface area contributed by atoms with Gasteiger partial charge in [-0.05, 0) is 23.6 Å². The zero-order chi connectivity index (χ0) is 15.1. The number of nitrogens with zero attached hydrogens (tertiary/aromatic N) is 3. The van der Waals surface area contributed by atoms with Gasteiger partial charge in [-0.25, -0.2) is 9.50 Å². The summed E-state index contributed by atoms with van der Waals surface area (Å²) in [6.45, 7) is 4.15. The second-order valence-electron chi connectivity index (χ2n) is 5.07. The van der Waals surface area contributed by atoms with Crippen LogP contribution in [0.5, 0.6) is 0 Å². The first-order chi connectivity index (χ1) is 9.97. The van der Waals surface area contributed by atoms with E-state index in [1.807, 2.05) is 30.3 Å². The van der Waals surface area contributed by atoms with E-state index in [4.69, 9.17) is 23.2 Å². The van der Waals surface area contributed by atoms with E-state index in [0.29, 0.717) is 27.4 Å². The molecule has 2 aromatic heterocycles. The first-order valence-corrected chi connectivity index (χ1v) is 8.03. The molecule has 108 valence electrons. The molecule has 0 aliphatic heterocycles. The molecule has 0 bridgehead atoms. The predicted molar refractivity (Wildman–Crippen MR) is 90.2 cm³/mol. The Labute approximate surface area is 141 Å². The average molecular weight is 385 g/mol. The molecule has 0 radical (unpaired) electrons. The highest BCUT2D eigenvalue weighted by Crippen LogP contribution is 2.35. The van der Waals surface area contributed by atoms with Gasteiger partial charge in [0.1, 0.15) is 10.3 Å². The second kappa shape index (κ2) is 5.59. The number of aromatic nitrogens is 3. The van der Waals surface area contributed by atoms with Gasteiger partial charge < -0.3 is 0 Å². The van der Waals surface area contributed by atoms with Crippen molar-refractivity contribution in [2.24, 2.45) is 0 Å². The van der Waals surface area contributed by atoms with Gasteiger partial charge in [0.15, 0.2) is 5.65 Å². The van der Waals surface area contributed by atoms with Crippen LogP contribution in [0.1, 0.15) is 25.5 Å². The summed E-state index contributed by atoms with van der Waals surface area (Å²) in [6.07, 6.45) is 0. The molecule has 0 aliphatic carbocycles. The van der Waals surface area contributed by atoms with Crippen LogP contribution < -0.4 is 0 Å². The maximum atomic E-state index is 6.51. The number of hydrogen-bond acceptors (Lipinski definition) is 2. The maximum absolute atomic E-state index is 6.51. The Morgan fingerprint density at radius 2 is 1.95 bits per heavy atom. The predicted octanol–water partition coefficient (Wildman–Crippen LogP) is 5.59. The first-order valence-electron chi connectivity index (χ1n) is 6.48. The van der Waals surface area contributed by atoms with Crippen molar-refractivity contribution in [3.8, 4) is 11.1 Å². The zero-order valence-electron chi connectivity index (χ0n) is 11.4. The summed E-state index contributed by atoms with van der Waals surface area (Å²) in [5.41, 5.74) is 3.18. The molecule has 1 aromatic carbocycles. The number of benzene rings is 1. The molecule has 0 saturated carbocycles. The fourth-order valence-corrected chi connectivity index (χ4v) is 3.18. The molecule has 2 heterocycles. The highest BCUT2D eigenvalue weighted by molar-refractivity contribution is 9.10. The lowest BCUT2D eigenvalue weighted by Crippen LogP contribution is -1.98. The van der Waals surface area contributed by atoms with Crippen LogP contribution in [-0.4, -0.2) is 14.6 Å². The fourth-order valence-electron chi connectivity index (χ4n) is 2.12. The van der Waals surface area contributed by atoms with Crippen LogP contribution in [0.15, 0.2) is 34.8 Å². The van der Waals surface area contributed by atoms with Crippen molar-refractivity contribution >= 4 is 44.8 Å². The third kappa shape index (κ3) is 2.68. The van der Waals surface area contributed by atoms with Gasteiger partial charge in [-0.15, -0.1) is 0 Å². The van der Waals surface area contributed by atoms with Gasteiger partial charge >= 0.3 is 0 Å². The molecule has 3 nitrogen and oxygen atoms in total. The number of hydrogen-bond donors (Lipinski definition) is 0. The lowest BCUT2D eigenvalue weighted by molar-refractivity contribution is 0.787. The Kier molecular flexibility index (Phi) is 3.95. The average Bonchev–Trinajstić information content (AvgIpc) is 2.83. The van der Waals surface area contributed by atoms with Gasteiger partial charge in [0.25, 0.3) is 0 Å². The quantitative estimate of drug-likeness (QED) is 0.539. The van der Waals surface area contributed by atoms with Crippen molar-refractivity contribution < 1.29 is 0 Å². The van der Waals surface area contributed by atoms with E-state index in [0.717, 1.165) is 15.7 Å². The van der Waals surface area contributed by atoms with Crippen molar-refractivity contribution in [3.63, 3.8) is 0 Å². The number of fused-ring (bicyclic) bond motifs is 1. The molecule has 3 aromatic rings. The molecule has 0 atom stereocenters. The topological polar surface area (TPSA) is 30.2 Å². The Bertz CT molecular complexity index is 827. The molecule has 0 amide bonds. The van der Waals surface area contributed by atoms with Gasteiger partial charge in [0, 0.05) is 10.5 Å². The molecule has 0 aliphatic rings. The van der Waals surface area contributed by atoms with Crippen molar-refractivity contribution in [2.45, 2.75) is 19.8 Å². The van der Waals surface area contributed by atoms with E-state index < -0.39 is 0 Å². The van der Waals surface area contributed by atoms with Crippen LogP contribution in [0.4, 0.5) is 0 Å². The molecule has 0 spiro atoms. The molecule has 6 heteroatoms. The highest BCUT2D eigenvalue weighted by Gasteiger charge is 2.17. The number of halogens is 3. The van der Waals surface area contributed by atoms with Crippen molar-refractivity contribution in [1.82, 2.24) is 14.6 Å². The Morgan fingerprint density at radius 1 is 1.19 bits per heavy atom. The van der Waals surface area contributed by atoms with Crippen molar-refractivity contribution in [3.05, 3.63) is 50.8 Å².